The summed E-state index contributed by atoms with van der Waals surface area (Å²) in [6.45, 7) is 1.62. The quantitative estimate of drug-likeness (QED) is 0.351. The van der Waals surface area contributed by atoms with Gasteiger partial charge in [-0.25, -0.2) is 0 Å². The molecule has 0 amide bonds. The van der Waals surface area contributed by atoms with Gasteiger partial charge in [-0.3, -0.25) is 14.9 Å². The molecule has 1 aromatic heterocycles. The molecule has 1 heterocycles. The Bertz CT molecular complexity index is 637. The molecule has 110 valence electrons. The van der Waals surface area contributed by atoms with E-state index in [4.69, 9.17) is 4.74 Å². The smallest absolute Gasteiger partial charge is 0.311 e. The maximum absolute atomic E-state index is 11.7. The molecule has 0 bridgehead atoms. The van der Waals surface area contributed by atoms with Gasteiger partial charge >= 0.3 is 5.97 Å². The van der Waals surface area contributed by atoms with Crippen LogP contribution in [0.5, 0.6) is 5.75 Å². The van der Waals surface area contributed by atoms with Gasteiger partial charge in [0.15, 0.2) is 0 Å². The molecule has 2 rings (SSSR count). The van der Waals surface area contributed by atoms with E-state index in [0.717, 1.165) is 12.8 Å². The lowest BCUT2D eigenvalue weighted by molar-refractivity contribution is -0.385. The zero-order valence-electron chi connectivity index (χ0n) is 11.6. The van der Waals surface area contributed by atoms with Gasteiger partial charge in [-0.15, -0.1) is 11.3 Å². The SMILES string of the molecule is Cc1cc(OC(=O)CCCc2cccs2)ccc1[N+](=O)[O-]. The minimum absolute atomic E-state index is 0.0208. The molecule has 5 nitrogen and oxygen atoms in total. The summed E-state index contributed by atoms with van der Waals surface area (Å²) in [4.78, 5) is 23.2. The van der Waals surface area contributed by atoms with E-state index in [9.17, 15) is 14.9 Å². The number of esters is 1. The number of ether oxygens (including phenoxy) is 1. The van der Waals surface area contributed by atoms with Crippen LogP contribution < -0.4 is 4.74 Å². The largest absolute Gasteiger partial charge is 0.427 e. The van der Waals surface area contributed by atoms with Crippen LogP contribution in [0.2, 0.25) is 0 Å². The third kappa shape index (κ3) is 4.39. The van der Waals surface area contributed by atoms with E-state index >= 15 is 0 Å². The van der Waals surface area contributed by atoms with Crippen LogP contribution in [0.25, 0.3) is 0 Å². The first kappa shape index (κ1) is 15.2. The van der Waals surface area contributed by atoms with Gasteiger partial charge in [0, 0.05) is 22.9 Å². The Hall–Kier alpha value is -2.21. The van der Waals surface area contributed by atoms with Crippen LogP contribution in [0, 0.1) is 17.0 Å². The molecule has 0 aliphatic carbocycles. The van der Waals surface area contributed by atoms with Gasteiger partial charge in [0.2, 0.25) is 0 Å². The van der Waals surface area contributed by atoms with Crippen LogP contribution in [0.3, 0.4) is 0 Å². The van der Waals surface area contributed by atoms with Crippen LogP contribution in [0.15, 0.2) is 35.7 Å². The molecule has 0 unspecified atom stereocenters. The first-order valence-electron chi connectivity index (χ1n) is 6.54. The first-order valence-corrected chi connectivity index (χ1v) is 7.42. The number of thiophene rings is 1. The van der Waals surface area contributed by atoms with Crippen LogP contribution in [-0.2, 0) is 11.2 Å². The molecule has 0 saturated heterocycles. The maximum Gasteiger partial charge on any atom is 0.311 e. The zero-order valence-corrected chi connectivity index (χ0v) is 12.4. The molecule has 21 heavy (non-hydrogen) atoms. The molecule has 0 aliphatic heterocycles. The number of nitro benzene ring substituents is 1. The zero-order chi connectivity index (χ0) is 15.2. The minimum atomic E-state index is -0.456. The number of nitrogens with zero attached hydrogens (tertiary/aromatic N) is 1. The van der Waals surface area contributed by atoms with Crippen LogP contribution in [-0.4, -0.2) is 10.9 Å². The van der Waals surface area contributed by atoms with Gasteiger partial charge in [0.25, 0.3) is 5.69 Å². The van der Waals surface area contributed by atoms with Crippen molar-refractivity contribution in [1.29, 1.82) is 0 Å². The Morgan fingerprint density at radius 2 is 2.19 bits per heavy atom. The number of hydrogen-bond acceptors (Lipinski definition) is 5. The molecule has 0 fully saturated rings. The summed E-state index contributed by atoms with van der Waals surface area (Å²) in [5, 5.41) is 12.7. The molecule has 0 N–H and O–H groups in total. The molecule has 0 spiro atoms. The van der Waals surface area contributed by atoms with E-state index in [1.165, 1.54) is 23.1 Å². The van der Waals surface area contributed by atoms with E-state index in [0.29, 0.717) is 17.7 Å². The van der Waals surface area contributed by atoms with Crippen molar-refractivity contribution in [1.82, 2.24) is 0 Å². The fraction of sp³-hybridized carbons (Fsp3) is 0.267. The Morgan fingerprint density at radius 1 is 1.38 bits per heavy atom. The number of benzene rings is 1. The normalized spacial score (nSPS) is 10.3. The Labute approximate surface area is 126 Å². The van der Waals surface area contributed by atoms with E-state index in [2.05, 4.69) is 0 Å². The number of aryl methyl sites for hydroxylation is 2. The van der Waals surface area contributed by atoms with Gasteiger partial charge in [0.05, 0.1) is 4.92 Å². The third-order valence-corrected chi connectivity index (χ3v) is 3.92. The molecule has 6 heteroatoms. The molecular formula is C15H15NO4S. The van der Waals surface area contributed by atoms with Crippen molar-refractivity contribution in [3.8, 4) is 5.75 Å². The second kappa shape index (κ2) is 6.99. The van der Waals surface area contributed by atoms with E-state index in [-0.39, 0.29) is 11.7 Å². The lowest BCUT2D eigenvalue weighted by atomic mass is 10.2. The van der Waals surface area contributed by atoms with Gasteiger partial charge in [-0.05, 0) is 43.3 Å². The standard InChI is InChI=1S/C15H15NO4S/c1-11-10-12(7-8-14(11)16(18)19)20-15(17)6-2-4-13-5-3-9-21-13/h3,5,7-10H,2,4,6H2,1H3. The van der Waals surface area contributed by atoms with Crippen LogP contribution in [0.4, 0.5) is 5.69 Å². The highest BCUT2D eigenvalue weighted by Gasteiger charge is 2.12. The minimum Gasteiger partial charge on any atom is -0.427 e. The van der Waals surface area contributed by atoms with Crippen molar-refractivity contribution in [3.63, 3.8) is 0 Å². The monoisotopic (exact) mass is 305 g/mol. The summed E-state index contributed by atoms with van der Waals surface area (Å²) in [5.41, 5.74) is 0.497. The number of hydrogen-bond donors (Lipinski definition) is 0. The highest BCUT2D eigenvalue weighted by atomic mass is 32.1. The van der Waals surface area contributed by atoms with E-state index < -0.39 is 4.92 Å². The average molecular weight is 305 g/mol. The summed E-state index contributed by atoms with van der Waals surface area (Å²) >= 11 is 1.67. The number of carbonyl (C=O) groups excluding carboxylic acids is 1. The fourth-order valence-corrected chi connectivity index (χ4v) is 2.69. The number of nitro groups is 1. The van der Waals surface area contributed by atoms with E-state index in [1.54, 1.807) is 18.3 Å². The van der Waals surface area contributed by atoms with Crippen molar-refractivity contribution in [2.45, 2.75) is 26.2 Å². The predicted molar refractivity (Wildman–Crippen MR) is 80.7 cm³/mol. The van der Waals surface area contributed by atoms with E-state index in [1.807, 2.05) is 17.5 Å². The van der Waals surface area contributed by atoms with Crippen molar-refractivity contribution >= 4 is 23.0 Å². The Balaban J connectivity index is 1.85. The summed E-state index contributed by atoms with van der Waals surface area (Å²) in [6.07, 6.45) is 1.91. The Morgan fingerprint density at radius 3 is 2.81 bits per heavy atom. The average Bonchev–Trinajstić information content (AvgIpc) is 2.91. The second-order valence-corrected chi connectivity index (χ2v) is 5.64. The van der Waals surface area contributed by atoms with Crippen molar-refractivity contribution in [2.75, 3.05) is 0 Å². The van der Waals surface area contributed by atoms with Crippen molar-refractivity contribution in [3.05, 3.63) is 56.3 Å². The predicted octanol–water partition coefficient (Wildman–Crippen LogP) is 3.89. The van der Waals surface area contributed by atoms with Gasteiger partial charge in [-0.1, -0.05) is 6.07 Å². The summed E-state index contributed by atoms with van der Waals surface area (Å²) in [7, 11) is 0. The highest BCUT2D eigenvalue weighted by Crippen LogP contribution is 2.23. The summed E-state index contributed by atoms with van der Waals surface area (Å²) in [6, 6.07) is 8.33. The molecular weight excluding hydrogens is 290 g/mol. The van der Waals surface area contributed by atoms with Gasteiger partial charge in [-0.2, -0.15) is 0 Å². The first-order chi connectivity index (χ1) is 10.1. The fourth-order valence-electron chi connectivity index (χ4n) is 1.94. The molecule has 0 aliphatic rings. The van der Waals surface area contributed by atoms with Gasteiger partial charge < -0.3 is 4.74 Å². The third-order valence-electron chi connectivity index (χ3n) is 2.98. The van der Waals surface area contributed by atoms with Crippen molar-refractivity contribution < 1.29 is 14.5 Å². The second-order valence-electron chi connectivity index (χ2n) is 4.61. The number of carbonyl (C=O) groups is 1. The lowest BCUT2D eigenvalue weighted by Gasteiger charge is -2.05. The molecule has 0 radical (unpaired) electrons. The summed E-state index contributed by atoms with van der Waals surface area (Å²) in [5.74, 6) is 0.0269. The molecule has 2 aromatic rings. The molecule has 0 atom stereocenters. The number of rotatable bonds is 6. The highest BCUT2D eigenvalue weighted by molar-refractivity contribution is 7.09. The maximum atomic E-state index is 11.7. The summed E-state index contributed by atoms with van der Waals surface area (Å²) < 4.78 is 5.19. The van der Waals surface area contributed by atoms with Crippen LogP contribution >= 0.6 is 11.3 Å². The topological polar surface area (TPSA) is 69.4 Å². The van der Waals surface area contributed by atoms with Gasteiger partial charge in [0.1, 0.15) is 5.75 Å². The molecule has 0 saturated carbocycles. The van der Waals surface area contributed by atoms with Crippen molar-refractivity contribution in [2.24, 2.45) is 0 Å². The van der Waals surface area contributed by atoms with Crippen LogP contribution in [0.1, 0.15) is 23.3 Å². The molecule has 1 aromatic carbocycles. The lowest BCUT2D eigenvalue weighted by Crippen LogP contribution is -2.08. The Kier molecular flexibility index (Phi) is 5.05.